The second-order valence-corrected chi connectivity index (χ2v) is 10.8. The van der Waals surface area contributed by atoms with Crippen LogP contribution in [0.5, 0.6) is 0 Å². The standard InChI is InChI=1S/C38H27ClO/c1-24-9-3-4-10-31(24)33-13-7-12-32(25(33)2)28-21-27(26-17-19-30(39)20-18-26)22-29(23-28)34-14-8-15-36-35-11-5-6-16-37(35)40-38(34)36/h3-23H,1-2H3. The second kappa shape index (κ2) is 9.86. The highest BCUT2D eigenvalue weighted by Gasteiger charge is 2.16. The summed E-state index contributed by atoms with van der Waals surface area (Å²) >= 11 is 6.25. The highest BCUT2D eigenvalue weighted by molar-refractivity contribution is 6.30. The van der Waals surface area contributed by atoms with E-state index in [0.29, 0.717) is 0 Å². The molecule has 7 aromatic rings. The molecule has 0 aliphatic rings. The Morgan fingerprint density at radius 2 is 1.07 bits per heavy atom. The fourth-order valence-corrected chi connectivity index (χ4v) is 5.96. The van der Waals surface area contributed by atoms with Gasteiger partial charge in [0, 0.05) is 21.4 Å². The van der Waals surface area contributed by atoms with E-state index in [1.54, 1.807) is 0 Å². The monoisotopic (exact) mass is 534 g/mol. The highest BCUT2D eigenvalue weighted by Crippen LogP contribution is 2.41. The summed E-state index contributed by atoms with van der Waals surface area (Å²) < 4.78 is 6.44. The van der Waals surface area contributed by atoms with Crippen LogP contribution in [0.4, 0.5) is 0 Å². The third-order valence-electron chi connectivity index (χ3n) is 7.91. The Kier molecular flexibility index (Phi) is 6.03. The summed E-state index contributed by atoms with van der Waals surface area (Å²) in [4.78, 5) is 0. The van der Waals surface area contributed by atoms with Gasteiger partial charge in [0.15, 0.2) is 0 Å². The van der Waals surface area contributed by atoms with Gasteiger partial charge in [-0.25, -0.2) is 0 Å². The molecule has 0 saturated heterocycles. The zero-order valence-corrected chi connectivity index (χ0v) is 23.2. The maximum Gasteiger partial charge on any atom is 0.143 e. The minimum atomic E-state index is 0.731. The lowest BCUT2D eigenvalue weighted by atomic mass is 9.88. The van der Waals surface area contributed by atoms with Gasteiger partial charge in [0.05, 0.1) is 0 Å². The lowest BCUT2D eigenvalue weighted by molar-refractivity contribution is 0.670. The van der Waals surface area contributed by atoms with E-state index < -0.39 is 0 Å². The van der Waals surface area contributed by atoms with Crippen molar-refractivity contribution in [1.29, 1.82) is 0 Å². The Bertz CT molecular complexity index is 2030. The molecule has 1 heterocycles. The molecular weight excluding hydrogens is 508 g/mol. The third-order valence-corrected chi connectivity index (χ3v) is 8.16. The van der Waals surface area contributed by atoms with E-state index in [1.165, 1.54) is 33.4 Å². The molecule has 40 heavy (non-hydrogen) atoms. The highest BCUT2D eigenvalue weighted by atomic mass is 35.5. The van der Waals surface area contributed by atoms with Crippen molar-refractivity contribution in [1.82, 2.24) is 0 Å². The molecule has 0 unspecified atom stereocenters. The Hall–Kier alpha value is -4.59. The summed E-state index contributed by atoms with van der Waals surface area (Å²) in [5.74, 6) is 0. The van der Waals surface area contributed by atoms with Crippen molar-refractivity contribution in [3.8, 4) is 44.5 Å². The molecule has 0 atom stereocenters. The van der Waals surface area contributed by atoms with Crippen molar-refractivity contribution in [2.75, 3.05) is 0 Å². The van der Waals surface area contributed by atoms with E-state index in [9.17, 15) is 0 Å². The molecule has 0 bridgehead atoms. The van der Waals surface area contributed by atoms with E-state index in [-0.39, 0.29) is 0 Å². The van der Waals surface area contributed by atoms with Crippen LogP contribution in [0, 0.1) is 13.8 Å². The normalized spacial score (nSPS) is 11.4. The maximum atomic E-state index is 6.44. The molecule has 2 heteroatoms. The molecule has 1 nitrogen and oxygen atoms in total. The molecule has 7 rings (SSSR count). The molecular formula is C38H27ClO. The number of hydrogen-bond donors (Lipinski definition) is 0. The van der Waals surface area contributed by atoms with Gasteiger partial charge in [-0.2, -0.15) is 0 Å². The van der Waals surface area contributed by atoms with Gasteiger partial charge in [0.2, 0.25) is 0 Å². The summed E-state index contributed by atoms with van der Waals surface area (Å²) in [5, 5.41) is 2.99. The molecule has 0 spiro atoms. The first-order chi connectivity index (χ1) is 19.6. The van der Waals surface area contributed by atoms with Crippen molar-refractivity contribution in [3.05, 3.63) is 144 Å². The quantitative estimate of drug-likeness (QED) is 0.219. The van der Waals surface area contributed by atoms with Gasteiger partial charge in [-0.05, 0) is 100 Å². The molecule has 0 radical (unpaired) electrons. The lowest BCUT2D eigenvalue weighted by Gasteiger charge is -2.16. The number of hydrogen-bond acceptors (Lipinski definition) is 1. The van der Waals surface area contributed by atoms with Gasteiger partial charge in [0.25, 0.3) is 0 Å². The smallest absolute Gasteiger partial charge is 0.143 e. The number of rotatable bonds is 4. The largest absolute Gasteiger partial charge is 0.455 e. The van der Waals surface area contributed by atoms with Gasteiger partial charge >= 0.3 is 0 Å². The van der Waals surface area contributed by atoms with Crippen LogP contribution in [0.25, 0.3) is 66.4 Å². The molecule has 0 fully saturated rings. The predicted molar refractivity (Wildman–Crippen MR) is 170 cm³/mol. The van der Waals surface area contributed by atoms with Crippen LogP contribution < -0.4 is 0 Å². The summed E-state index contributed by atoms with van der Waals surface area (Å²) in [6, 6.07) is 44.8. The van der Waals surface area contributed by atoms with Crippen LogP contribution in [-0.2, 0) is 0 Å². The molecule has 6 aromatic carbocycles. The summed E-state index contributed by atoms with van der Waals surface area (Å²) in [6.45, 7) is 4.40. The van der Waals surface area contributed by atoms with Gasteiger partial charge in [0.1, 0.15) is 11.2 Å². The second-order valence-electron chi connectivity index (χ2n) is 10.4. The first-order valence-corrected chi connectivity index (χ1v) is 13.9. The van der Waals surface area contributed by atoms with E-state index in [2.05, 4.69) is 117 Å². The lowest BCUT2D eigenvalue weighted by Crippen LogP contribution is -1.92. The fraction of sp³-hybridized carbons (Fsp3) is 0.0526. The minimum absolute atomic E-state index is 0.731. The number of aryl methyl sites for hydroxylation is 1. The zero-order valence-electron chi connectivity index (χ0n) is 22.4. The van der Waals surface area contributed by atoms with Crippen molar-refractivity contribution in [2.24, 2.45) is 0 Å². The number of para-hydroxylation sites is 2. The number of fused-ring (bicyclic) bond motifs is 3. The van der Waals surface area contributed by atoms with E-state index in [1.807, 2.05) is 24.3 Å². The van der Waals surface area contributed by atoms with Crippen molar-refractivity contribution in [2.45, 2.75) is 13.8 Å². The van der Waals surface area contributed by atoms with Crippen LogP contribution in [0.3, 0.4) is 0 Å². The fourth-order valence-electron chi connectivity index (χ4n) is 5.84. The summed E-state index contributed by atoms with van der Waals surface area (Å²) in [7, 11) is 0. The third kappa shape index (κ3) is 4.20. The average molecular weight is 535 g/mol. The minimum Gasteiger partial charge on any atom is -0.455 e. The zero-order chi connectivity index (χ0) is 27.2. The molecule has 0 aliphatic carbocycles. The van der Waals surface area contributed by atoms with Crippen LogP contribution in [0.1, 0.15) is 11.1 Å². The maximum absolute atomic E-state index is 6.44. The Morgan fingerprint density at radius 1 is 0.475 bits per heavy atom. The Labute approximate surface area is 239 Å². The predicted octanol–water partition coefficient (Wildman–Crippen LogP) is 11.5. The number of halogens is 1. The molecule has 0 amide bonds. The first-order valence-electron chi connectivity index (χ1n) is 13.5. The number of benzene rings is 6. The first kappa shape index (κ1) is 24.5. The molecule has 0 aliphatic heterocycles. The van der Waals surface area contributed by atoms with E-state index >= 15 is 0 Å². The van der Waals surface area contributed by atoms with Crippen molar-refractivity contribution < 1.29 is 4.42 Å². The summed E-state index contributed by atoms with van der Waals surface area (Å²) in [5.41, 5.74) is 13.7. The Morgan fingerprint density at radius 3 is 1.90 bits per heavy atom. The van der Waals surface area contributed by atoms with Crippen molar-refractivity contribution in [3.63, 3.8) is 0 Å². The topological polar surface area (TPSA) is 13.1 Å². The average Bonchev–Trinajstić information content (AvgIpc) is 3.37. The Balaban J connectivity index is 1.48. The molecule has 1 aromatic heterocycles. The van der Waals surface area contributed by atoms with E-state index in [0.717, 1.165) is 49.2 Å². The summed E-state index contributed by atoms with van der Waals surface area (Å²) in [6.07, 6.45) is 0. The van der Waals surface area contributed by atoms with Gasteiger partial charge in [-0.3, -0.25) is 0 Å². The van der Waals surface area contributed by atoms with Gasteiger partial charge < -0.3 is 4.42 Å². The van der Waals surface area contributed by atoms with Crippen LogP contribution in [0.15, 0.2) is 132 Å². The SMILES string of the molecule is Cc1ccccc1-c1cccc(-c2cc(-c3ccc(Cl)cc3)cc(-c3cccc4c3oc3ccccc34)c2)c1C. The van der Waals surface area contributed by atoms with Gasteiger partial charge in [-0.15, -0.1) is 0 Å². The molecule has 0 saturated carbocycles. The number of furan rings is 1. The molecule has 0 N–H and O–H groups in total. The van der Waals surface area contributed by atoms with E-state index in [4.69, 9.17) is 16.0 Å². The van der Waals surface area contributed by atoms with Crippen LogP contribution in [-0.4, -0.2) is 0 Å². The molecule has 192 valence electrons. The van der Waals surface area contributed by atoms with Crippen LogP contribution in [0.2, 0.25) is 5.02 Å². The van der Waals surface area contributed by atoms with Gasteiger partial charge in [-0.1, -0.05) is 103 Å². The van der Waals surface area contributed by atoms with Crippen molar-refractivity contribution >= 4 is 33.5 Å². The van der Waals surface area contributed by atoms with Crippen LogP contribution >= 0.6 is 11.6 Å².